The molecule has 3 N–H and O–H groups in total. The largest absolute Gasteiger partial charge is 0.405 e. The van der Waals surface area contributed by atoms with Gasteiger partial charge in [-0.15, -0.1) is 10.2 Å². The van der Waals surface area contributed by atoms with Crippen molar-refractivity contribution in [1.29, 1.82) is 0 Å². The summed E-state index contributed by atoms with van der Waals surface area (Å²) in [6.07, 6.45) is -4.46. The van der Waals surface area contributed by atoms with Gasteiger partial charge in [0.05, 0.1) is 10.9 Å². The summed E-state index contributed by atoms with van der Waals surface area (Å²) in [7, 11) is 0. The number of aromatic nitrogens is 5. The van der Waals surface area contributed by atoms with Gasteiger partial charge in [-0.3, -0.25) is 4.79 Å². The van der Waals surface area contributed by atoms with Crippen molar-refractivity contribution in [3.63, 3.8) is 0 Å². The van der Waals surface area contributed by atoms with Crippen molar-refractivity contribution in [2.45, 2.75) is 37.4 Å². The van der Waals surface area contributed by atoms with Crippen LogP contribution in [0.3, 0.4) is 0 Å². The number of amides is 1. The molecule has 1 atom stereocenters. The number of aryl methyl sites for hydroxylation is 2. The summed E-state index contributed by atoms with van der Waals surface area (Å²) in [5.41, 5.74) is 1.56. The van der Waals surface area contributed by atoms with Crippen LogP contribution in [0.25, 0.3) is 5.95 Å². The Kier molecular flexibility index (Phi) is 5.06. The van der Waals surface area contributed by atoms with Gasteiger partial charge in [0.1, 0.15) is 6.54 Å². The van der Waals surface area contributed by atoms with E-state index < -0.39 is 23.9 Å². The van der Waals surface area contributed by atoms with Crippen molar-refractivity contribution >= 4 is 17.7 Å². The lowest BCUT2D eigenvalue weighted by molar-refractivity contribution is -0.137. The van der Waals surface area contributed by atoms with Gasteiger partial charge in [0.25, 0.3) is 5.95 Å². The molecule has 24 heavy (non-hydrogen) atoms. The zero-order chi connectivity index (χ0) is 18.1. The topological polar surface area (TPSA) is 104 Å². The molecule has 132 valence electrons. The van der Waals surface area contributed by atoms with Crippen LogP contribution in [-0.4, -0.2) is 48.5 Å². The SMILES string of the molecule is Cc1cc(C)n(-c2nnc(SC(C)C(=O)NCC(F)(F)F)n2N)n1. The summed E-state index contributed by atoms with van der Waals surface area (Å²) >= 11 is 0.901. The fourth-order valence-corrected chi connectivity index (χ4v) is 2.66. The minimum Gasteiger partial charge on any atom is -0.346 e. The van der Waals surface area contributed by atoms with E-state index in [9.17, 15) is 18.0 Å². The first-order valence-corrected chi connectivity index (χ1v) is 7.71. The number of hydrogen-bond donors (Lipinski definition) is 2. The van der Waals surface area contributed by atoms with Crippen molar-refractivity contribution in [1.82, 2.24) is 30.0 Å². The van der Waals surface area contributed by atoms with Crippen molar-refractivity contribution in [2.24, 2.45) is 0 Å². The maximum atomic E-state index is 12.1. The van der Waals surface area contributed by atoms with E-state index in [4.69, 9.17) is 5.84 Å². The van der Waals surface area contributed by atoms with E-state index in [0.717, 1.165) is 27.8 Å². The number of thioether (sulfide) groups is 1. The quantitative estimate of drug-likeness (QED) is 0.606. The average Bonchev–Trinajstić information content (AvgIpc) is 2.98. The Morgan fingerprint density at radius 1 is 1.42 bits per heavy atom. The molecule has 0 saturated carbocycles. The van der Waals surface area contributed by atoms with Gasteiger partial charge >= 0.3 is 6.18 Å². The normalized spacial score (nSPS) is 13.1. The molecule has 0 bridgehead atoms. The first-order valence-electron chi connectivity index (χ1n) is 6.83. The van der Waals surface area contributed by atoms with Crippen molar-refractivity contribution in [3.05, 3.63) is 17.5 Å². The maximum Gasteiger partial charge on any atom is 0.405 e. The Hall–Kier alpha value is -2.24. The summed E-state index contributed by atoms with van der Waals surface area (Å²) in [6.45, 7) is 3.69. The lowest BCUT2D eigenvalue weighted by Crippen LogP contribution is -2.38. The number of halogens is 3. The second-order valence-corrected chi connectivity index (χ2v) is 6.39. The van der Waals surface area contributed by atoms with E-state index in [0.29, 0.717) is 0 Å². The van der Waals surface area contributed by atoms with Crippen LogP contribution < -0.4 is 11.2 Å². The molecular weight excluding hydrogens is 347 g/mol. The number of carbonyl (C=O) groups is 1. The van der Waals surface area contributed by atoms with Crippen molar-refractivity contribution in [2.75, 3.05) is 12.4 Å². The van der Waals surface area contributed by atoms with Crippen LogP contribution in [-0.2, 0) is 4.79 Å². The second kappa shape index (κ2) is 6.71. The fraction of sp³-hybridized carbons (Fsp3) is 0.500. The van der Waals surface area contributed by atoms with Gasteiger partial charge in [-0.05, 0) is 26.8 Å². The summed E-state index contributed by atoms with van der Waals surface area (Å²) < 4.78 is 39.0. The van der Waals surface area contributed by atoms with E-state index in [2.05, 4.69) is 15.3 Å². The molecule has 0 aliphatic heterocycles. The molecule has 8 nitrogen and oxygen atoms in total. The van der Waals surface area contributed by atoms with Gasteiger partial charge in [-0.2, -0.15) is 18.3 Å². The molecule has 12 heteroatoms. The molecule has 1 amide bonds. The Balaban J connectivity index is 2.09. The van der Waals surface area contributed by atoms with Crippen LogP contribution in [0.4, 0.5) is 13.2 Å². The third-order valence-corrected chi connectivity index (χ3v) is 4.02. The number of alkyl halides is 3. The van der Waals surface area contributed by atoms with Crippen LogP contribution >= 0.6 is 11.8 Å². The lowest BCUT2D eigenvalue weighted by Gasteiger charge is -2.12. The molecule has 0 saturated heterocycles. The van der Waals surface area contributed by atoms with Gasteiger partial charge < -0.3 is 11.2 Å². The van der Waals surface area contributed by atoms with Gasteiger partial charge in [0.15, 0.2) is 0 Å². The van der Waals surface area contributed by atoms with Crippen molar-refractivity contribution in [3.8, 4) is 5.95 Å². The zero-order valence-electron chi connectivity index (χ0n) is 13.1. The number of nitrogen functional groups attached to an aromatic ring is 1. The standard InChI is InChI=1S/C12H16F3N7OS/c1-6-4-7(2)22(20-6)10-18-19-11(21(10)16)24-8(3)9(23)17-5-12(13,14)15/h4,8H,5,16H2,1-3H3,(H,17,23). The highest BCUT2D eigenvalue weighted by Gasteiger charge is 2.29. The highest BCUT2D eigenvalue weighted by atomic mass is 32.2. The molecule has 2 rings (SSSR count). The van der Waals surface area contributed by atoms with E-state index in [1.165, 1.54) is 11.6 Å². The van der Waals surface area contributed by atoms with Crippen LogP contribution in [0.15, 0.2) is 11.2 Å². The van der Waals surface area contributed by atoms with Crippen LogP contribution in [0.2, 0.25) is 0 Å². The Morgan fingerprint density at radius 2 is 2.08 bits per heavy atom. The molecular formula is C12H16F3N7OS. The number of nitrogens with zero attached hydrogens (tertiary/aromatic N) is 5. The molecule has 0 fully saturated rings. The monoisotopic (exact) mass is 363 g/mol. The minimum atomic E-state index is -4.46. The van der Waals surface area contributed by atoms with Crippen molar-refractivity contribution < 1.29 is 18.0 Å². The third-order valence-electron chi connectivity index (χ3n) is 2.96. The molecule has 0 aromatic carbocycles. The first-order chi connectivity index (χ1) is 11.1. The second-order valence-electron chi connectivity index (χ2n) is 5.08. The number of nitrogens with two attached hydrogens (primary N) is 1. The van der Waals surface area contributed by atoms with Gasteiger partial charge in [-0.25, -0.2) is 9.36 Å². The number of hydrogen-bond acceptors (Lipinski definition) is 6. The number of rotatable bonds is 5. The lowest BCUT2D eigenvalue weighted by atomic mass is 10.4. The highest BCUT2D eigenvalue weighted by Crippen LogP contribution is 2.22. The highest BCUT2D eigenvalue weighted by molar-refractivity contribution is 8.00. The Labute approximate surface area is 139 Å². The molecule has 2 aromatic heterocycles. The summed E-state index contributed by atoms with van der Waals surface area (Å²) in [5.74, 6) is 5.37. The van der Waals surface area contributed by atoms with Gasteiger partial charge in [0, 0.05) is 5.69 Å². The Bertz CT molecular complexity index is 740. The van der Waals surface area contributed by atoms with E-state index in [1.54, 1.807) is 0 Å². The summed E-state index contributed by atoms with van der Waals surface area (Å²) in [5, 5.41) is 13.2. The van der Waals surface area contributed by atoms with Crippen LogP contribution in [0, 0.1) is 13.8 Å². The zero-order valence-corrected chi connectivity index (χ0v) is 13.9. The summed E-state index contributed by atoms with van der Waals surface area (Å²) in [6, 6.07) is 1.83. The molecule has 0 aliphatic rings. The third kappa shape index (κ3) is 4.19. The maximum absolute atomic E-state index is 12.1. The van der Waals surface area contributed by atoms with E-state index in [1.807, 2.05) is 25.2 Å². The summed E-state index contributed by atoms with van der Waals surface area (Å²) in [4.78, 5) is 11.7. The molecule has 0 spiro atoms. The molecule has 2 aromatic rings. The van der Waals surface area contributed by atoms with Crippen LogP contribution in [0.5, 0.6) is 0 Å². The minimum absolute atomic E-state index is 0.187. The van der Waals surface area contributed by atoms with E-state index in [-0.39, 0.29) is 11.1 Å². The fourth-order valence-electron chi connectivity index (χ4n) is 1.87. The first kappa shape index (κ1) is 18.1. The molecule has 2 heterocycles. The molecule has 0 radical (unpaired) electrons. The predicted molar refractivity (Wildman–Crippen MR) is 81.2 cm³/mol. The molecule has 1 unspecified atom stereocenters. The van der Waals surface area contributed by atoms with Gasteiger partial charge in [-0.1, -0.05) is 11.8 Å². The van der Waals surface area contributed by atoms with Crippen LogP contribution in [0.1, 0.15) is 18.3 Å². The predicted octanol–water partition coefficient (Wildman–Crippen LogP) is 0.954. The number of nitrogens with one attached hydrogen (secondary N) is 1. The number of carbonyl (C=O) groups excluding carboxylic acids is 1. The molecule has 0 aliphatic carbocycles. The average molecular weight is 363 g/mol. The van der Waals surface area contributed by atoms with E-state index >= 15 is 0 Å². The Morgan fingerprint density at radius 3 is 2.62 bits per heavy atom. The van der Waals surface area contributed by atoms with Gasteiger partial charge in [0.2, 0.25) is 11.1 Å². The smallest absolute Gasteiger partial charge is 0.346 e.